The first-order chi connectivity index (χ1) is 32.0. The largest absolute Gasteiger partial charge is 0.542 e. The van der Waals surface area contributed by atoms with Crippen LogP contribution >= 0.6 is 23.2 Å². The fourth-order valence-corrected chi connectivity index (χ4v) is 9.03. The number of hydrogen-bond acceptors (Lipinski definition) is 9. The van der Waals surface area contributed by atoms with Gasteiger partial charge in [0.2, 0.25) is 0 Å². The van der Waals surface area contributed by atoms with E-state index in [9.17, 15) is 14.0 Å². The Labute approximate surface area is 414 Å². The monoisotopic (exact) mass is 1000 g/mol. The Morgan fingerprint density at radius 3 is 1.66 bits per heavy atom. The van der Waals surface area contributed by atoms with Crippen LogP contribution in [0.5, 0.6) is 17.2 Å². The molecule has 3 amide bonds. The molecule has 0 atom stereocenters. The third-order valence-corrected chi connectivity index (χ3v) is 21.9. The highest BCUT2D eigenvalue weighted by molar-refractivity contribution is 6.75. The lowest BCUT2D eigenvalue weighted by Gasteiger charge is -2.36. The molecule has 0 radical (unpaired) electrons. The van der Waals surface area contributed by atoms with Crippen molar-refractivity contribution in [1.29, 1.82) is 0 Å². The second-order valence-corrected chi connectivity index (χ2v) is 30.2. The number of nitrogens with one attached hydrogen (secondary N) is 3. The van der Waals surface area contributed by atoms with Crippen LogP contribution in [0.1, 0.15) is 65.9 Å². The number of rotatable bonds is 9. The number of amides is 3. The molecular formula is C51H68Cl2FN7O5Si2. The molecule has 2 saturated heterocycles. The molecule has 2 aliphatic rings. The van der Waals surface area contributed by atoms with Crippen LogP contribution in [-0.2, 0) is 0 Å². The van der Waals surface area contributed by atoms with Crippen LogP contribution in [0.2, 0.25) is 46.3 Å². The molecule has 0 saturated carbocycles. The van der Waals surface area contributed by atoms with E-state index in [2.05, 4.69) is 111 Å². The van der Waals surface area contributed by atoms with Gasteiger partial charge in [0.15, 0.2) is 0 Å². The molecular weight excluding hydrogens is 937 g/mol. The molecule has 2 fully saturated rings. The number of carbonyl (C=O) groups excluding carboxylic acids is 2. The lowest BCUT2D eigenvalue weighted by atomic mass is 9.90. The van der Waals surface area contributed by atoms with Gasteiger partial charge in [0.05, 0.1) is 12.4 Å². The number of halogens is 3. The molecule has 68 heavy (non-hydrogen) atoms. The second kappa shape index (κ2) is 23.9. The summed E-state index contributed by atoms with van der Waals surface area (Å²) in [4.78, 5) is 37.0. The highest BCUT2D eigenvalue weighted by atomic mass is 35.5. The highest BCUT2D eigenvalue weighted by Crippen LogP contribution is 2.38. The van der Waals surface area contributed by atoms with Crippen LogP contribution in [0.25, 0.3) is 0 Å². The zero-order valence-electron chi connectivity index (χ0n) is 41.1. The third kappa shape index (κ3) is 16.5. The maximum absolute atomic E-state index is 12.8. The molecule has 7 rings (SSSR count). The first-order valence-electron chi connectivity index (χ1n) is 23.1. The van der Waals surface area contributed by atoms with Crippen LogP contribution in [0.4, 0.5) is 31.3 Å². The number of pyridine rings is 2. The fraction of sp³-hybridized carbons (Fsp3) is 0.412. The Hall–Kier alpha value is -5.20. The van der Waals surface area contributed by atoms with Crippen molar-refractivity contribution in [1.82, 2.24) is 20.2 Å². The summed E-state index contributed by atoms with van der Waals surface area (Å²) in [7, 11) is -3.84. The summed E-state index contributed by atoms with van der Waals surface area (Å²) in [5.41, 5.74) is 2.48. The minimum Gasteiger partial charge on any atom is -0.542 e. The molecule has 5 aromatic rings. The van der Waals surface area contributed by atoms with Crippen molar-refractivity contribution >= 4 is 69.3 Å². The smallest absolute Gasteiger partial charge is 0.418 e. The Balaban J connectivity index is 0.000000204. The minimum absolute atomic E-state index is 0.0862. The normalized spacial score (nSPS) is 14.6. The molecule has 0 bridgehead atoms. The molecule has 4 heterocycles. The fourth-order valence-electron chi connectivity index (χ4n) is 6.61. The Kier molecular flexibility index (Phi) is 18.9. The number of hydrogen-bond donors (Lipinski definition) is 3. The summed E-state index contributed by atoms with van der Waals surface area (Å²) in [5, 5.41) is 10.6. The van der Waals surface area contributed by atoms with Crippen LogP contribution in [0.15, 0.2) is 109 Å². The van der Waals surface area contributed by atoms with Crippen LogP contribution in [-0.4, -0.2) is 82.9 Å². The van der Waals surface area contributed by atoms with Crippen molar-refractivity contribution in [3.8, 4) is 17.2 Å². The lowest BCUT2D eigenvalue weighted by Crippen LogP contribution is -2.50. The molecule has 2 aliphatic heterocycles. The third-order valence-electron chi connectivity index (χ3n) is 12.7. The molecule has 3 aromatic carbocycles. The van der Waals surface area contributed by atoms with Crippen molar-refractivity contribution in [2.24, 2.45) is 0 Å². The van der Waals surface area contributed by atoms with E-state index in [1.54, 1.807) is 30.6 Å². The predicted molar refractivity (Wildman–Crippen MR) is 281 cm³/mol. The van der Waals surface area contributed by atoms with E-state index < -0.39 is 28.5 Å². The maximum Gasteiger partial charge on any atom is 0.418 e. The van der Waals surface area contributed by atoms with Crippen molar-refractivity contribution < 1.29 is 27.6 Å². The summed E-state index contributed by atoms with van der Waals surface area (Å²) < 4.78 is 30.2. The summed E-state index contributed by atoms with van der Waals surface area (Å²) >= 11 is 12.0. The van der Waals surface area contributed by atoms with Gasteiger partial charge in [0.25, 0.3) is 16.6 Å². The van der Waals surface area contributed by atoms with E-state index in [0.717, 1.165) is 47.7 Å². The topological polar surface area (TPSA) is 130 Å². The number of benzene rings is 3. The van der Waals surface area contributed by atoms with Gasteiger partial charge in [-0.25, -0.2) is 23.9 Å². The van der Waals surface area contributed by atoms with Gasteiger partial charge in [0, 0.05) is 41.9 Å². The van der Waals surface area contributed by atoms with E-state index in [1.165, 1.54) is 42.7 Å². The summed E-state index contributed by atoms with van der Waals surface area (Å²) in [6.07, 6.45) is 5.04. The maximum atomic E-state index is 12.8. The lowest BCUT2D eigenvalue weighted by molar-refractivity contribution is 0.208. The standard InChI is InChI=1S/C22H31ClN4O2Si.C18H23FN2O3Si.C11H14ClN/c1-22(2,3)30(4,5)29-19-9-10-20(24-16-19)25-21(28)27-13-11-26(12-14-27)18-8-6-7-17(23)15-18;1-18(2,3)25(4,5)24-15-10-11-16(20-12-15)21-17(22)23-14-8-6-13(19)7-9-14;12-11-3-1-2-10(8-11)9-4-6-13-7-5-9/h6-10,15-16H,11-14H2,1-5H3,(H,24,25,28);6-12H,1-5H3,(H,20,21,22);1-3,8-9,13H,4-7H2. The molecule has 0 unspecified atom stereocenters. The van der Waals surface area contributed by atoms with Crippen molar-refractivity contribution in [2.75, 3.05) is 54.8 Å². The average molecular weight is 1010 g/mol. The first kappa shape index (κ1) is 53.8. The number of aromatic nitrogens is 2. The molecule has 17 heteroatoms. The first-order valence-corrected chi connectivity index (χ1v) is 29.6. The van der Waals surface area contributed by atoms with Crippen LogP contribution < -0.4 is 34.4 Å². The van der Waals surface area contributed by atoms with Gasteiger partial charge in [-0.3, -0.25) is 10.6 Å². The molecule has 3 N–H and O–H groups in total. The molecule has 2 aromatic heterocycles. The number of carbonyl (C=O) groups is 2. The molecule has 0 aliphatic carbocycles. The van der Waals surface area contributed by atoms with E-state index in [1.807, 2.05) is 47.4 Å². The predicted octanol–water partition coefficient (Wildman–Crippen LogP) is 13.5. The van der Waals surface area contributed by atoms with E-state index in [-0.39, 0.29) is 21.9 Å². The van der Waals surface area contributed by atoms with Crippen LogP contribution in [0, 0.1) is 5.82 Å². The number of ether oxygens (including phenoxy) is 1. The number of anilines is 3. The van der Waals surface area contributed by atoms with Gasteiger partial charge < -0.3 is 28.7 Å². The van der Waals surface area contributed by atoms with Gasteiger partial charge >= 0.3 is 12.1 Å². The summed E-state index contributed by atoms with van der Waals surface area (Å²) in [5.74, 6) is 2.84. The van der Waals surface area contributed by atoms with Crippen molar-refractivity contribution in [2.45, 2.75) is 96.6 Å². The van der Waals surface area contributed by atoms with Crippen molar-refractivity contribution in [3.63, 3.8) is 0 Å². The average Bonchev–Trinajstić information content (AvgIpc) is 3.28. The van der Waals surface area contributed by atoms with Gasteiger partial charge in [-0.15, -0.1) is 0 Å². The summed E-state index contributed by atoms with van der Waals surface area (Å²) in [6, 6.07) is 28.2. The number of urea groups is 1. The van der Waals surface area contributed by atoms with Crippen LogP contribution in [0.3, 0.4) is 0 Å². The van der Waals surface area contributed by atoms with Gasteiger partial charge in [-0.2, -0.15) is 0 Å². The van der Waals surface area contributed by atoms with Gasteiger partial charge in [-0.05, 0) is 153 Å². The van der Waals surface area contributed by atoms with E-state index in [4.69, 9.17) is 36.8 Å². The van der Waals surface area contributed by atoms with E-state index in [0.29, 0.717) is 36.4 Å². The quantitative estimate of drug-likeness (QED) is 0.124. The number of piperazine rings is 1. The number of piperidine rings is 1. The number of nitrogens with zero attached hydrogens (tertiary/aromatic N) is 4. The Morgan fingerprint density at radius 2 is 1.18 bits per heavy atom. The zero-order chi connectivity index (χ0) is 49.7. The van der Waals surface area contributed by atoms with E-state index >= 15 is 0 Å². The van der Waals surface area contributed by atoms with Gasteiger partial charge in [-0.1, -0.05) is 82.9 Å². The zero-order valence-corrected chi connectivity index (χ0v) is 44.6. The van der Waals surface area contributed by atoms with Gasteiger partial charge in [0.1, 0.15) is 34.7 Å². The second-order valence-electron chi connectivity index (χ2n) is 19.9. The Bertz CT molecular complexity index is 2390. The molecule has 366 valence electrons. The van der Waals surface area contributed by atoms with Crippen molar-refractivity contribution in [3.05, 3.63) is 131 Å². The minimum atomic E-state index is -1.93. The highest BCUT2D eigenvalue weighted by Gasteiger charge is 2.40. The Morgan fingerprint density at radius 1 is 0.676 bits per heavy atom. The molecule has 12 nitrogen and oxygen atoms in total. The molecule has 0 spiro atoms. The SMILES string of the molecule is CC(C)(C)[Si](C)(C)Oc1ccc(NC(=O)N2CCN(c3cccc(Cl)c3)CC2)nc1.CC(C)(C)[Si](C)(C)Oc1ccc(NC(=O)Oc2ccc(F)cc2)nc1.Clc1cccc(C2CCNCC2)c1. The summed E-state index contributed by atoms with van der Waals surface area (Å²) in [6.45, 7) is 26.9.